The van der Waals surface area contributed by atoms with E-state index in [1.54, 1.807) is 0 Å². The van der Waals surface area contributed by atoms with Crippen molar-refractivity contribution in [1.82, 2.24) is 0 Å². The molecule has 0 aliphatic heterocycles. The first kappa shape index (κ1) is 75.3. The van der Waals surface area contributed by atoms with Crippen LogP contribution in [-0.4, -0.2) is 37.2 Å². The minimum Gasteiger partial charge on any atom is -0.462 e. The van der Waals surface area contributed by atoms with Crippen LogP contribution in [0.15, 0.2) is 97.2 Å². The lowest BCUT2D eigenvalue weighted by molar-refractivity contribution is -0.167. The monoisotopic (exact) mass is 1100 g/mol. The molecule has 0 saturated carbocycles. The molecule has 6 heteroatoms. The molecule has 454 valence electrons. The van der Waals surface area contributed by atoms with Crippen LogP contribution in [0.1, 0.15) is 329 Å². The average Bonchev–Trinajstić information content (AvgIpc) is 3.45. The smallest absolute Gasteiger partial charge is 0.306 e. The molecule has 0 aromatic rings. The molecule has 0 amide bonds. The highest BCUT2D eigenvalue weighted by atomic mass is 16.6. The lowest BCUT2D eigenvalue weighted by Gasteiger charge is -2.18. The van der Waals surface area contributed by atoms with E-state index in [0.29, 0.717) is 19.3 Å². The maximum absolute atomic E-state index is 12.9. The Bertz CT molecular complexity index is 1540. The Morgan fingerprint density at radius 2 is 0.494 bits per heavy atom. The second kappa shape index (κ2) is 66.8. The van der Waals surface area contributed by atoms with Gasteiger partial charge in [-0.3, -0.25) is 14.4 Å². The van der Waals surface area contributed by atoms with Crippen LogP contribution in [0.5, 0.6) is 0 Å². The molecule has 0 aliphatic rings. The molecule has 0 aliphatic carbocycles. The molecule has 0 radical (unpaired) electrons. The number of unbranched alkanes of at least 4 members (excludes halogenated alkanes) is 34. The summed E-state index contributed by atoms with van der Waals surface area (Å²) in [5, 5.41) is 0. The quantitative estimate of drug-likeness (QED) is 0.0261. The number of hydrogen-bond acceptors (Lipinski definition) is 6. The van der Waals surface area contributed by atoms with Gasteiger partial charge in [-0.25, -0.2) is 0 Å². The zero-order valence-corrected chi connectivity index (χ0v) is 52.1. The van der Waals surface area contributed by atoms with E-state index in [0.717, 1.165) is 128 Å². The average molecular weight is 1100 g/mol. The third-order valence-corrected chi connectivity index (χ3v) is 14.6. The Morgan fingerprint density at radius 3 is 0.772 bits per heavy atom. The van der Waals surface area contributed by atoms with Gasteiger partial charge in [-0.05, 0) is 116 Å². The van der Waals surface area contributed by atoms with Gasteiger partial charge in [0, 0.05) is 19.3 Å². The number of carbonyl (C=O) groups is 3. The van der Waals surface area contributed by atoms with Gasteiger partial charge in [-0.15, -0.1) is 0 Å². The van der Waals surface area contributed by atoms with Crippen LogP contribution in [0.25, 0.3) is 0 Å². The lowest BCUT2D eigenvalue weighted by Crippen LogP contribution is -2.30. The summed E-state index contributed by atoms with van der Waals surface area (Å²) in [5.41, 5.74) is 0. The molecule has 0 spiro atoms. The fraction of sp³-hybridized carbons (Fsp3) is 0.740. The third-order valence-electron chi connectivity index (χ3n) is 14.6. The van der Waals surface area contributed by atoms with Gasteiger partial charge in [0.2, 0.25) is 0 Å². The first-order valence-electron chi connectivity index (χ1n) is 33.7. The number of esters is 3. The summed E-state index contributed by atoms with van der Waals surface area (Å²) < 4.78 is 16.9. The predicted octanol–water partition coefficient (Wildman–Crippen LogP) is 23.2. The minimum absolute atomic E-state index is 0.0856. The molecular formula is C73H126O6. The van der Waals surface area contributed by atoms with Crippen LogP contribution < -0.4 is 0 Å². The van der Waals surface area contributed by atoms with Crippen molar-refractivity contribution >= 4 is 17.9 Å². The highest BCUT2D eigenvalue weighted by Crippen LogP contribution is 2.17. The summed E-state index contributed by atoms with van der Waals surface area (Å²) in [6.07, 6.45) is 90.0. The zero-order valence-electron chi connectivity index (χ0n) is 52.1. The molecule has 79 heavy (non-hydrogen) atoms. The van der Waals surface area contributed by atoms with Crippen LogP contribution in [0.4, 0.5) is 0 Å². The molecule has 1 unspecified atom stereocenters. The molecule has 0 aromatic carbocycles. The summed E-state index contributed by atoms with van der Waals surface area (Å²) in [6.45, 7) is 6.42. The van der Waals surface area contributed by atoms with Crippen molar-refractivity contribution in [2.75, 3.05) is 13.2 Å². The van der Waals surface area contributed by atoms with Crippen molar-refractivity contribution in [2.24, 2.45) is 0 Å². The van der Waals surface area contributed by atoms with Gasteiger partial charge >= 0.3 is 17.9 Å². The lowest BCUT2D eigenvalue weighted by atomic mass is 10.0. The zero-order chi connectivity index (χ0) is 57.1. The van der Waals surface area contributed by atoms with Crippen molar-refractivity contribution in [1.29, 1.82) is 0 Å². The normalized spacial score (nSPS) is 12.7. The Morgan fingerprint density at radius 1 is 0.266 bits per heavy atom. The highest BCUT2D eigenvalue weighted by molar-refractivity contribution is 5.71. The van der Waals surface area contributed by atoms with Gasteiger partial charge in [0.15, 0.2) is 6.10 Å². The maximum Gasteiger partial charge on any atom is 0.306 e. The molecule has 0 bridgehead atoms. The van der Waals surface area contributed by atoms with Crippen LogP contribution >= 0.6 is 0 Å². The summed E-state index contributed by atoms with van der Waals surface area (Å²) in [6, 6.07) is 0. The highest BCUT2D eigenvalue weighted by Gasteiger charge is 2.19. The van der Waals surface area contributed by atoms with Crippen molar-refractivity contribution in [2.45, 2.75) is 335 Å². The largest absolute Gasteiger partial charge is 0.462 e. The fourth-order valence-electron chi connectivity index (χ4n) is 9.56. The SMILES string of the molecule is CC/C=C\C/C=C\C/C=C\CCCCCCCCCC(=O)OC(COC(=O)CCCCCCC/C=C\C/C=C\C/C=C\CC)COC(=O)CCCCCCCCCCCCCCCCCCC/C=C\C/C=C\CCCCCCC. The Kier molecular flexibility index (Phi) is 63.7. The molecular weight excluding hydrogens is 973 g/mol. The molecule has 0 rings (SSSR count). The molecule has 0 fully saturated rings. The van der Waals surface area contributed by atoms with E-state index in [2.05, 4.69) is 118 Å². The number of rotatable bonds is 61. The predicted molar refractivity (Wildman–Crippen MR) is 344 cm³/mol. The van der Waals surface area contributed by atoms with Gasteiger partial charge in [0.25, 0.3) is 0 Å². The Labute approximate surface area is 489 Å². The van der Waals surface area contributed by atoms with Crippen LogP contribution in [0.3, 0.4) is 0 Å². The summed E-state index contributed by atoms with van der Waals surface area (Å²) >= 11 is 0. The first-order chi connectivity index (χ1) is 39.0. The minimum atomic E-state index is -0.792. The van der Waals surface area contributed by atoms with Crippen LogP contribution in [-0.2, 0) is 28.6 Å². The third kappa shape index (κ3) is 65.0. The fourth-order valence-corrected chi connectivity index (χ4v) is 9.56. The van der Waals surface area contributed by atoms with E-state index in [4.69, 9.17) is 14.2 Å². The summed E-state index contributed by atoms with van der Waals surface area (Å²) in [5.74, 6) is -0.901. The van der Waals surface area contributed by atoms with E-state index in [1.165, 1.54) is 161 Å². The van der Waals surface area contributed by atoms with Gasteiger partial charge in [-0.1, -0.05) is 291 Å². The van der Waals surface area contributed by atoms with E-state index < -0.39 is 6.10 Å². The standard InChI is InChI=1S/C73H126O6/c1-4-7-10-13-16-19-22-25-28-30-31-32-33-34-35-36-37-38-39-40-41-43-45-48-51-54-57-60-63-66-72(75)78-69-70(68-77-71(74)65-62-59-56-53-50-47-44-27-24-21-18-15-12-9-6-3)79-73(76)67-64-61-58-55-52-49-46-42-29-26-23-20-17-14-11-8-5-2/h8-9,11-12,17-18,20-22,25-27,29-31,44,70H,4-7,10,13-16,19,23-24,28,32-43,45-69H2,1-3H3/b11-8-,12-9-,20-17-,21-18-,25-22-,29-26-,31-30-,44-27-. The van der Waals surface area contributed by atoms with E-state index in [-0.39, 0.29) is 31.1 Å². The number of ether oxygens (including phenoxy) is 3. The Balaban J connectivity index is 4.26. The summed E-state index contributed by atoms with van der Waals surface area (Å²) in [7, 11) is 0. The van der Waals surface area contributed by atoms with Crippen LogP contribution in [0.2, 0.25) is 0 Å². The molecule has 0 N–H and O–H groups in total. The number of allylic oxidation sites excluding steroid dienone is 16. The topological polar surface area (TPSA) is 78.9 Å². The maximum atomic E-state index is 12.9. The molecule has 1 atom stereocenters. The van der Waals surface area contributed by atoms with Crippen molar-refractivity contribution < 1.29 is 28.6 Å². The number of hydrogen-bond donors (Lipinski definition) is 0. The van der Waals surface area contributed by atoms with Gasteiger partial charge in [0.05, 0.1) is 0 Å². The summed E-state index contributed by atoms with van der Waals surface area (Å²) in [4.78, 5) is 38.4. The number of carbonyl (C=O) groups excluding carboxylic acids is 3. The van der Waals surface area contributed by atoms with Crippen molar-refractivity contribution in [3.63, 3.8) is 0 Å². The van der Waals surface area contributed by atoms with Crippen molar-refractivity contribution in [3.05, 3.63) is 97.2 Å². The molecule has 0 saturated heterocycles. The van der Waals surface area contributed by atoms with E-state index in [9.17, 15) is 14.4 Å². The van der Waals surface area contributed by atoms with E-state index in [1.807, 2.05) is 0 Å². The second-order valence-corrected chi connectivity index (χ2v) is 22.3. The van der Waals surface area contributed by atoms with Crippen LogP contribution in [0, 0.1) is 0 Å². The molecule has 0 aromatic heterocycles. The van der Waals surface area contributed by atoms with Gasteiger partial charge < -0.3 is 14.2 Å². The van der Waals surface area contributed by atoms with Gasteiger partial charge in [-0.2, -0.15) is 0 Å². The second-order valence-electron chi connectivity index (χ2n) is 22.3. The van der Waals surface area contributed by atoms with E-state index >= 15 is 0 Å². The molecule has 0 heterocycles. The van der Waals surface area contributed by atoms with Gasteiger partial charge in [0.1, 0.15) is 13.2 Å². The van der Waals surface area contributed by atoms with Crippen molar-refractivity contribution in [3.8, 4) is 0 Å². The first-order valence-corrected chi connectivity index (χ1v) is 33.7. The molecule has 6 nitrogen and oxygen atoms in total. The Hall–Kier alpha value is -3.67.